The van der Waals surface area contributed by atoms with Gasteiger partial charge in [-0.1, -0.05) is 11.2 Å². The monoisotopic (exact) mass is 340 g/mol. The molecule has 132 valence electrons. The molecule has 25 heavy (non-hydrogen) atoms. The molecule has 5 heteroatoms. The van der Waals surface area contributed by atoms with Crippen LogP contribution in [0.15, 0.2) is 22.7 Å². The molecule has 5 nitrogen and oxygen atoms in total. The molecular formula is C20H24N2O3. The van der Waals surface area contributed by atoms with Crippen LogP contribution in [0.1, 0.15) is 36.8 Å². The second-order valence-corrected chi connectivity index (χ2v) is 7.58. The quantitative estimate of drug-likeness (QED) is 0.856. The van der Waals surface area contributed by atoms with E-state index in [9.17, 15) is 0 Å². The van der Waals surface area contributed by atoms with Crippen LogP contribution >= 0.6 is 0 Å². The molecule has 2 aromatic rings. The van der Waals surface area contributed by atoms with E-state index in [0.717, 1.165) is 48.3 Å². The van der Waals surface area contributed by atoms with Crippen LogP contribution in [-0.4, -0.2) is 42.4 Å². The van der Waals surface area contributed by atoms with Crippen molar-refractivity contribution in [3.63, 3.8) is 0 Å². The Hall–Kier alpha value is -2.01. The van der Waals surface area contributed by atoms with Crippen LogP contribution in [0.4, 0.5) is 0 Å². The van der Waals surface area contributed by atoms with Gasteiger partial charge in [0, 0.05) is 30.5 Å². The van der Waals surface area contributed by atoms with Crippen molar-refractivity contribution in [2.75, 3.05) is 14.2 Å². The number of hydrogen-bond acceptors (Lipinski definition) is 5. The van der Waals surface area contributed by atoms with Gasteiger partial charge in [0.1, 0.15) is 17.5 Å². The Labute approximate surface area is 147 Å². The highest BCUT2D eigenvalue weighted by Gasteiger charge is 2.40. The third kappa shape index (κ3) is 2.44. The predicted molar refractivity (Wildman–Crippen MR) is 94.1 cm³/mol. The topological polar surface area (TPSA) is 47.7 Å². The second-order valence-electron chi connectivity index (χ2n) is 7.58. The Morgan fingerprint density at radius 1 is 1.16 bits per heavy atom. The number of aryl methyl sites for hydroxylation is 1. The van der Waals surface area contributed by atoms with E-state index in [1.165, 1.54) is 18.4 Å². The molecule has 0 radical (unpaired) electrons. The number of rotatable bonds is 3. The lowest BCUT2D eigenvalue weighted by molar-refractivity contribution is 0.0453. The summed E-state index contributed by atoms with van der Waals surface area (Å²) in [5, 5.41) is 4.34. The second kappa shape index (κ2) is 5.77. The van der Waals surface area contributed by atoms with Gasteiger partial charge in [-0.2, -0.15) is 0 Å². The number of fused-ring (bicyclic) bond motifs is 5. The first-order valence-corrected chi connectivity index (χ1v) is 9.27. The third-order valence-corrected chi connectivity index (χ3v) is 6.30. The van der Waals surface area contributed by atoms with Gasteiger partial charge in [0.05, 0.1) is 12.7 Å². The van der Waals surface area contributed by atoms with E-state index >= 15 is 0 Å². The van der Waals surface area contributed by atoms with Crippen LogP contribution in [0.25, 0.3) is 11.3 Å². The highest BCUT2D eigenvalue weighted by atomic mass is 16.6. The fraction of sp³-hybridized carbons (Fsp3) is 0.550. The number of hydrogen-bond donors (Lipinski definition) is 0. The molecule has 0 N–H and O–H groups in total. The standard InChI is InChI=1S/C20H24N2O3/c1-22-13-5-6-14(22)10-16(9-13)24-20-17-8-4-12-3-7-15(23-2)11-18(12)19(17)21-25-20/h3,7,11,13-14,16H,4-6,8-10H2,1-2H3. The summed E-state index contributed by atoms with van der Waals surface area (Å²) in [5.74, 6) is 1.49. The molecule has 0 amide bonds. The summed E-state index contributed by atoms with van der Waals surface area (Å²) in [6.45, 7) is 0. The van der Waals surface area contributed by atoms with E-state index in [1.54, 1.807) is 7.11 Å². The molecule has 1 aromatic heterocycles. The fourth-order valence-corrected chi connectivity index (χ4v) is 4.81. The van der Waals surface area contributed by atoms with Crippen molar-refractivity contribution in [2.45, 2.75) is 56.7 Å². The first-order chi connectivity index (χ1) is 12.2. The molecule has 0 spiro atoms. The first kappa shape index (κ1) is 15.3. The minimum atomic E-state index is 0.248. The van der Waals surface area contributed by atoms with Crippen LogP contribution in [0.3, 0.4) is 0 Å². The molecule has 0 saturated carbocycles. The summed E-state index contributed by atoms with van der Waals surface area (Å²) in [7, 11) is 3.94. The molecule has 5 rings (SSSR count). The molecule has 2 unspecified atom stereocenters. The maximum Gasteiger partial charge on any atom is 0.315 e. The van der Waals surface area contributed by atoms with Gasteiger partial charge in [-0.3, -0.25) is 0 Å². The average molecular weight is 340 g/mol. The highest BCUT2D eigenvalue weighted by molar-refractivity contribution is 5.72. The molecule has 2 atom stereocenters. The minimum Gasteiger partial charge on any atom is -0.497 e. The van der Waals surface area contributed by atoms with Crippen LogP contribution in [-0.2, 0) is 12.8 Å². The zero-order valence-electron chi connectivity index (χ0n) is 14.8. The van der Waals surface area contributed by atoms with E-state index in [-0.39, 0.29) is 6.10 Å². The summed E-state index contributed by atoms with van der Waals surface area (Å²) in [4.78, 5) is 2.53. The molecular weight excluding hydrogens is 316 g/mol. The van der Waals surface area contributed by atoms with Gasteiger partial charge >= 0.3 is 5.95 Å². The Bertz CT molecular complexity index is 786. The maximum atomic E-state index is 6.31. The highest BCUT2D eigenvalue weighted by Crippen LogP contribution is 2.41. The molecule has 3 aliphatic rings. The molecule has 1 aliphatic carbocycles. The number of aromatic nitrogens is 1. The Kier molecular flexibility index (Phi) is 3.52. The largest absolute Gasteiger partial charge is 0.497 e. The van der Waals surface area contributed by atoms with E-state index in [4.69, 9.17) is 14.0 Å². The van der Waals surface area contributed by atoms with Gasteiger partial charge < -0.3 is 18.9 Å². The fourth-order valence-electron chi connectivity index (χ4n) is 4.81. The van der Waals surface area contributed by atoms with Crippen molar-refractivity contribution in [2.24, 2.45) is 0 Å². The van der Waals surface area contributed by atoms with Gasteiger partial charge in [0.25, 0.3) is 0 Å². The summed E-state index contributed by atoms with van der Waals surface area (Å²) in [6, 6.07) is 7.51. The SMILES string of the molecule is COc1ccc2c(c1)-c1noc(OC3CC4CCC(C3)N4C)c1CC2. The molecule has 2 saturated heterocycles. The van der Waals surface area contributed by atoms with Crippen molar-refractivity contribution in [3.8, 4) is 23.0 Å². The number of piperidine rings is 1. The molecule has 3 heterocycles. The lowest BCUT2D eigenvalue weighted by Crippen LogP contribution is -2.43. The van der Waals surface area contributed by atoms with Crippen LogP contribution < -0.4 is 9.47 Å². The van der Waals surface area contributed by atoms with E-state index < -0.39 is 0 Å². The molecule has 1 aromatic carbocycles. The first-order valence-electron chi connectivity index (χ1n) is 9.27. The van der Waals surface area contributed by atoms with Crippen LogP contribution in [0.2, 0.25) is 0 Å². The normalized spacial score (nSPS) is 27.7. The Morgan fingerprint density at radius 2 is 1.96 bits per heavy atom. The van der Waals surface area contributed by atoms with Crippen LogP contribution in [0, 0.1) is 0 Å². The van der Waals surface area contributed by atoms with E-state index in [0.29, 0.717) is 18.0 Å². The molecule has 2 aliphatic heterocycles. The summed E-state index contributed by atoms with van der Waals surface area (Å²) >= 11 is 0. The number of ether oxygens (including phenoxy) is 2. The third-order valence-electron chi connectivity index (χ3n) is 6.30. The van der Waals surface area contributed by atoms with Gasteiger partial charge in [-0.25, -0.2) is 0 Å². The maximum absolute atomic E-state index is 6.31. The summed E-state index contributed by atoms with van der Waals surface area (Å²) in [6.07, 6.45) is 6.93. The van der Waals surface area contributed by atoms with Crippen LogP contribution in [0.5, 0.6) is 11.7 Å². The zero-order valence-corrected chi connectivity index (χ0v) is 14.8. The number of methoxy groups -OCH3 is 1. The van der Waals surface area contributed by atoms with Gasteiger partial charge in [-0.15, -0.1) is 0 Å². The minimum absolute atomic E-state index is 0.248. The van der Waals surface area contributed by atoms with Gasteiger partial charge in [-0.05, 0) is 50.4 Å². The van der Waals surface area contributed by atoms with Crippen molar-refractivity contribution in [3.05, 3.63) is 29.3 Å². The van der Waals surface area contributed by atoms with Crippen molar-refractivity contribution >= 4 is 0 Å². The average Bonchev–Trinajstić information content (AvgIpc) is 3.11. The van der Waals surface area contributed by atoms with Crippen molar-refractivity contribution in [1.82, 2.24) is 10.1 Å². The summed E-state index contributed by atoms with van der Waals surface area (Å²) in [5.41, 5.74) is 4.45. The number of nitrogens with zero attached hydrogens (tertiary/aromatic N) is 2. The van der Waals surface area contributed by atoms with E-state index in [1.807, 2.05) is 6.07 Å². The Morgan fingerprint density at radius 3 is 2.72 bits per heavy atom. The Balaban J connectivity index is 1.41. The predicted octanol–water partition coefficient (Wildman–Crippen LogP) is 3.45. The van der Waals surface area contributed by atoms with E-state index in [2.05, 4.69) is 29.2 Å². The lowest BCUT2D eigenvalue weighted by Gasteiger charge is -2.35. The zero-order chi connectivity index (χ0) is 17.0. The number of benzene rings is 1. The summed E-state index contributed by atoms with van der Waals surface area (Å²) < 4.78 is 17.3. The smallest absolute Gasteiger partial charge is 0.315 e. The molecule has 2 bridgehead atoms. The van der Waals surface area contributed by atoms with Gasteiger partial charge in [0.15, 0.2) is 0 Å². The van der Waals surface area contributed by atoms with Crippen molar-refractivity contribution in [1.29, 1.82) is 0 Å². The molecule has 2 fully saturated rings. The van der Waals surface area contributed by atoms with Gasteiger partial charge in [0.2, 0.25) is 0 Å². The lowest BCUT2D eigenvalue weighted by atomic mass is 9.90. The van der Waals surface area contributed by atoms with Crippen molar-refractivity contribution < 1.29 is 14.0 Å².